The van der Waals surface area contributed by atoms with Gasteiger partial charge in [0.2, 0.25) is 0 Å². The van der Waals surface area contributed by atoms with E-state index in [2.05, 4.69) is 0 Å². The van der Waals surface area contributed by atoms with Gasteiger partial charge in [-0.25, -0.2) is 8.78 Å². The average Bonchev–Trinajstić information content (AvgIpc) is 3.35. The number of ketones is 1. The van der Waals surface area contributed by atoms with Crippen molar-refractivity contribution in [3.63, 3.8) is 0 Å². The fourth-order valence-corrected chi connectivity index (χ4v) is 8.89. The summed E-state index contributed by atoms with van der Waals surface area (Å²) in [6, 6.07) is 0. The number of carbonyl (C=O) groups is 2. The van der Waals surface area contributed by atoms with E-state index in [4.69, 9.17) is 14.2 Å². The molecule has 6 aliphatic rings. The number of halogens is 2. The van der Waals surface area contributed by atoms with Crippen LogP contribution in [0.25, 0.3) is 0 Å². The minimum absolute atomic E-state index is 0.0873. The van der Waals surface area contributed by atoms with Gasteiger partial charge in [-0.2, -0.15) is 0 Å². The topological polar surface area (TPSA) is 82.1 Å². The maximum absolute atomic E-state index is 17.4. The number of rotatable bonds is 2. The van der Waals surface area contributed by atoms with Gasteiger partial charge in [0.25, 0.3) is 0 Å². The first-order chi connectivity index (χ1) is 16.3. The smallest absolute Gasteiger partial charge is 0.309 e. The van der Waals surface area contributed by atoms with E-state index in [0.717, 1.165) is 0 Å². The van der Waals surface area contributed by atoms with Crippen LogP contribution in [0, 0.1) is 28.6 Å². The minimum Gasteiger partial charge on any atom is -0.465 e. The first-order valence-electron chi connectivity index (χ1n) is 12.8. The lowest BCUT2D eigenvalue weighted by Crippen LogP contribution is -2.70. The molecule has 2 heterocycles. The van der Waals surface area contributed by atoms with Gasteiger partial charge in [-0.15, -0.1) is 0 Å². The molecule has 2 aliphatic heterocycles. The van der Waals surface area contributed by atoms with Crippen LogP contribution in [0.15, 0.2) is 23.8 Å². The zero-order valence-corrected chi connectivity index (χ0v) is 20.7. The summed E-state index contributed by atoms with van der Waals surface area (Å²) in [5.41, 5.74) is -5.14. The number of hydrogen-bond donors (Lipinski definition) is 1. The molecule has 2 saturated heterocycles. The van der Waals surface area contributed by atoms with Gasteiger partial charge >= 0.3 is 5.97 Å². The lowest BCUT2D eigenvalue weighted by molar-refractivity contribution is -0.255. The highest BCUT2D eigenvalue weighted by atomic mass is 19.1. The third-order valence-corrected chi connectivity index (χ3v) is 10.4. The van der Waals surface area contributed by atoms with Crippen LogP contribution in [0.5, 0.6) is 0 Å². The van der Waals surface area contributed by atoms with E-state index in [1.54, 1.807) is 6.92 Å². The summed E-state index contributed by atoms with van der Waals surface area (Å²) >= 11 is 0. The molecule has 6 nitrogen and oxygen atoms in total. The van der Waals surface area contributed by atoms with Gasteiger partial charge in [-0.3, -0.25) is 9.59 Å². The van der Waals surface area contributed by atoms with Crippen LogP contribution in [0.2, 0.25) is 0 Å². The van der Waals surface area contributed by atoms with Crippen molar-refractivity contribution in [2.45, 2.75) is 95.2 Å². The van der Waals surface area contributed by atoms with Crippen LogP contribution in [0.3, 0.4) is 0 Å². The van der Waals surface area contributed by atoms with Crippen molar-refractivity contribution >= 4 is 11.8 Å². The zero-order chi connectivity index (χ0) is 25.2. The van der Waals surface area contributed by atoms with Crippen molar-refractivity contribution in [3.05, 3.63) is 23.8 Å². The summed E-state index contributed by atoms with van der Waals surface area (Å²) in [5, 5.41) is 11.6. The Morgan fingerprint density at radius 1 is 1.14 bits per heavy atom. The van der Waals surface area contributed by atoms with E-state index in [9.17, 15) is 14.7 Å². The molecular weight excluding hydrogens is 458 g/mol. The van der Waals surface area contributed by atoms with Crippen molar-refractivity contribution in [1.82, 2.24) is 0 Å². The maximum atomic E-state index is 17.4. The van der Waals surface area contributed by atoms with Crippen molar-refractivity contribution < 1.29 is 37.7 Å². The fraction of sp³-hybridized carbons (Fsp3) is 0.778. The number of fused-ring (bicyclic) bond motifs is 7. The molecule has 1 N–H and O–H groups in total. The quantitative estimate of drug-likeness (QED) is 0.592. The molecule has 0 aromatic carbocycles. The lowest BCUT2D eigenvalue weighted by atomic mass is 9.44. The molecule has 0 aromatic heterocycles. The Morgan fingerprint density at radius 3 is 2.57 bits per heavy atom. The Labute approximate surface area is 204 Å². The number of aliphatic hydroxyl groups excluding tert-OH is 1. The standard InChI is InChI=1S/C27H34F2O6/c1-23(2)34-21-11-16-17-10-19(28)18-9-15(30)5-7-24(18,3)27(17,29)20(31)13-25(16,4)26(21,35-23)12-14-6-8-33-22(14)32/h5,7,9,14,16-17,19-21,31H,6,8,10-13H2,1-4H3/t14-,16+,17+,19+,20+,21-,24+,25+,26-,27+/m1/s1. The third-order valence-electron chi connectivity index (χ3n) is 10.4. The number of alkyl halides is 2. The van der Waals surface area contributed by atoms with Gasteiger partial charge in [-0.05, 0) is 76.5 Å². The Kier molecular flexibility index (Phi) is 4.76. The second-order valence-electron chi connectivity index (χ2n) is 12.5. The van der Waals surface area contributed by atoms with Crippen LogP contribution in [0.4, 0.5) is 8.78 Å². The number of allylic oxidation sites excluding steroid dienone is 4. The summed E-state index contributed by atoms with van der Waals surface area (Å²) in [7, 11) is 0. The third kappa shape index (κ3) is 2.79. The van der Waals surface area contributed by atoms with Crippen LogP contribution < -0.4 is 0 Å². The molecule has 0 radical (unpaired) electrons. The van der Waals surface area contributed by atoms with Crippen molar-refractivity contribution in [2.24, 2.45) is 28.6 Å². The van der Waals surface area contributed by atoms with Crippen molar-refractivity contribution in [3.8, 4) is 0 Å². The molecule has 0 amide bonds. The second-order valence-corrected chi connectivity index (χ2v) is 12.5. The summed E-state index contributed by atoms with van der Waals surface area (Å²) in [6.07, 6.45) is 1.98. The average molecular weight is 493 g/mol. The van der Waals surface area contributed by atoms with E-state index in [1.165, 1.54) is 18.2 Å². The Hall–Kier alpha value is -1.64. The lowest BCUT2D eigenvalue weighted by Gasteiger charge is -2.63. The summed E-state index contributed by atoms with van der Waals surface area (Å²) < 4.78 is 51.3. The first kappa shape index (κ1) is 23.7. The largest absolute Gasteiger partial charge is 0.465 e. The number of carbonyl (C=O) groups excluding carboxylic acids is 2. The molecular formula is C27H34F2O6. The summed E-state index contributed by atoms with van der Waals surface area (Å²) in [5.74, 6) is -3.04. The van der Waals surface area contributed by atoms with E-state index < -0.39 is 52.2 Å². The van der Waals surface area contributed by atoms with Crippen molar-refractivity contribution in [1.29, 1.82) is 0 Å². The SMILES string of the molecule is CC1(C)O[C@@H]2C[C@H]3[C@@H]4C[C@H](F)C5=CC(=O)C=C[C@]5(C)[C@@]4(F)[C@@H](O)C[C@]3(C)[C@]2(C[C@H]2CCOC2=O)O1. The Morgan fingerprint density at radius 2 is 1.89 bits per heavy atom. The predicted octanol–water partition coefficient (Wildman–Crippen LogP) is 3.76. The number of cyclic esters (lactones) is 1. The van der Waals surface area contributed by atoms with Gasteiger partial charge in [0.05, 0.1) is 24.7 Å². The number of hydrogen-bond acceptors (Lipinski definition) is 6. The van der Waals surface area contributed by atoms with E-state index >= 15 is 8.78 Å². The van der Waals surface area contributed by atoms with Crippen LogP contribution >= 0.6 is 0 Å². The Balaban J connectivity index is 1.45. The number of ether oxygens (including phenoxy) is 3. The van der Waals surface area contributed by atoms with E-state index in [0.29, 0.717) is 25.9 Å². The second kappa shape index (κ2) is 7.01. The van der Waals surface area contributed by atoms with E-state index in [-0.39, 0.29) is 42.0 Å². The summed E-state index contributed by atoms with van der Waals surface area (Å²) in [6.45, 7) is 7.61. The molecule has 192 valence electrons. The molecule has 4 aliphatic carbocycles. The predicted molar refractivity (Wildman–Crippen MR) is 120 cm³/mol. The molecule has 0 aromatic rings. The van der Waals surface area contributed by atoms with Crippen LogP contribution in [-0.2, 0) is 23.8 Å². The molecule has 0 unspecified atom stereocenters. The Bertz CT molecular complexity index is 1050. The highest BCUT2D eigenvalue weighted by molar-refractivity contribution is 6.01. The number of aliphatic hydroxyl groups is 1. The van der Waals surface area contributed by atoms with Crippen LogP contribution in [0.1, 0.15) is 59.8 Å². The van der Waals surface area contributed by atoms with Gasteiger partial charge in [0.15, 0.2) is 17.2 Å². The maximum Gasteiger partial charge on any atom is 0.309 e. The van der Waals surface area contributed by atoms with Gasteiger partial charge in [-0.1, -0.05) is 13.0 Å². The summed E-state index contributed by atoms with van der Waals surface area (Å²) in [4.78, 5) is 24.5. The van der Waals surface area contributed by atoms with Gasteiger partial charge in [0, 0.05) is 16.7 Å². The first-order valence-corrected chi connectivity index (χ1v) is 12.8. The minimum atomic E-state index is -2.15. The molecule has 3 saturated carbocycles. The molecule has 35 heavy (non-hydrogen) atoms. The number of esters is 1. The molecule has 8 heteroatoms. The van der Waals surface area contributed by atoms with Gasteiger partial charge in [0.1, 0.15) is 11.8 Å². The van der Waals surface area contributed by atoms with Crippen LogP contribution in [-0.4, -0.2) is 58.9 Å². The fourth-order valence-electron chi connectivity index (χ4n) is 8.89. The monoisotopic (exact) mass is 492 g/mol. The molecule has 0 bridgehead atoms. The highest BCUT2D eigenvalue weighted by Gasteiger charge is 2.79. The molecule has 0 spiro atoms. The normalized spacial score (nSPS) is 54.0. The molecule has 6 rings (SSSR count). The van der Waals surface area contributed by atoms with E-state index in [1.807, 2.05) is 20.8 Å². The van der Waals surface area contributed by atoms with Gasteiger partial charge < -0.3 is 19.3 Å². The zero-order valence-electron chi connectivity index (χ0n) is 20.7. The molecule has 10 atom stereocenters. The molecule has 5 fully saturated rings. The van der Waals surface area contributed by atoms with Crippen molar-refractivity contribution in [2.75, 3.05) is 6.61 Å². The highest BCUT2D eigenvalue weighted by Crippen LogP contribution is 2.73.